The number of likely N-dealkylation sites (tertiary alicyclic amines) is 1. The molecule has 3 amide bonds. The summed E-state index contributed by atoms with van der Waals surface area (Å²) >= 11 is 5.88. The first-order chi connectivity index (χ1) is 9.65. The number of allylic oxidation sites excluding steroid dienone is 1. The summed E-state index contributed by atoms with van der Waals surface area (Å²) in [6.07, 6.45) is 5.26. The molecule has 1 heterocycles. The van der Waals surface area contributed by atoms with Gasteiger partial charge in [-0.05, 0) is 36.5 Å². The van der Waals surface area contributed by atoms with Crippen LogP contribution in [-0.4, -0.2) is 22.9 Å². The molecule has 102 valence electrons. The smallest absolute Gasteiger partial charge is 0.307 e. The Hall–Kier alpha value is -1.81. The van der Waals surface area contributed by atoms with Crippen LogP contribution in [-0.2, 0) is 4.79 Å². The van der Waals surface area contributed by atoms with Crippen LogP contribution >= 0.6 is 11.6 Å². The summed E-state index contributed by atoms with van der Waals surface area (Å²) < 4.78 is 0. The Morgan fingerprint density at radius 3 is 2.90 bits per heavy atom. The van der Waals surface area contributed by atoms with Crippen molar-refractivity contribution in [1.82, 2.24) is 4.90 Å². The quantitative estimate of drug-likeness (QED) is 0.638. The summed E-state index contributed by atoms with van der Waals surface area (Å²) in [5, 5.41) is 3.30. The van der Waals surface area contributed by atoms with Gasteiger partial charge in [0.05, 0.1) is 12.0 Å². The van der Waals surface area contributed by atoms with Gasteiger partial charge in [0.25, 0.3) is 0 Å². The van der Waals surface area contributed by atoms with Gasteiger partial charge in [0.15, 0.2) is 0 Å². The van der Waals surface area contributed by atoms with Gasteiger partial charge < -0.3 is 5.32 Å². The highest BCUT2D eigenvalue weighted by atomic mass is 35.5. The fourth-order valence-electron chi connectivity index (χ4n) is 3.69. The first-order valence-corrected chi connectivity index (χ1v) is 7.11. The van der Waals surface area contributed by atoms with Gasteiger partial charge in [0.2, 0.25) is 5.91 Å². The number of rotatable bonds is 1. The summed E-state index contributed by atoms with van der Waals surface area (Å²) in [5.41, 5.74) is 0.609. The Bertz CT molecular complexity index is 643. The molecule has 4 atom stereocenters. The lowest BCUT2D eigenvalue weighted by Crippen LogP contribution is -2.65. The van der Waals surface area contributed by atoms with Crippen LogP contribution in [0.4, 0.5) is 10.5 Å². The molecule has 2 aliphatic carbocycles. The Kier molecular flexibility index (Phi) is 2.45. The Morgan fingerprint density at radius 1 is 1.30 bits per heavy atom. The number of hydrogen-bond donors (Lipinski definition) is 1. The third-order valence-corrected chi connectivity index (χ3v) is 4.77. The molecule has 5 heteroatoms. The van der Waals surface area contributed by atoms with Crippen molar-refractivity contribution >= 4 is 29.2 Å². The molecule has 4 rings (SSSR count). The van der Waals surface area contributed by atoms with Crippen LogP contribution in [0.2, 0.25) is 5.02 Å². The van der Waals surface area contributed by atoms with E-state index in [1.165, 1.54) is 4.90 Å². The van der Waals surface area contributed by atoms with Gasteiger partial charge in [0.1, 0.15) is 0 Å². The van der Waals surface area contributed by atoms with Crippen LogP contribution in [0.5, 0.6) is 0 Å². The van der Waals surface area contributed by atoms with Gasteiger partial charge in [-0.15, -0.1) is 0 Å². The van der Waals surface area contributed by atoms with Crippen LogP contribution in [0.25, 0.3) is 0 Å². The van der Waals surface area contributed by atoms with Crippen molar-refractivity contribution in [3.63, 3.8) is 0 Å². The van der Waals surface area contributed by atoms with E-state index in [2.05, 4.69) is 17.5 Å². The molecule has 20 heavy (non-hydrogen) atoms. The first kappa shape index (κ1) is 12.0. The van der Waals surface area contributed by atoms with Crippen LogP contribution in [0.15, 0.2) is 36.4 Å². The number of carbonyl (C=O) groups is 2. The number of imide groups is 1. The highest BCUT2D eigenvalue weighted by molar-refractivity contribution is 6.30. The predicted molar refractivity (Wildman–Crippen MR) is 75.3 cm³/mol. The molecule has 0 radical (unpaired) electrons. The summed E-state index contributed by atoms with van der Waals surface area (Å²) in [5.74, 6) is 0.655. The molecule has 1 aromatic carbocycles. The van der Waals surface area contributed by atoms with E-state index < -0.39 is 0 Å². The van der Waals surface area contributed by atoms with Crippen molar-refractivity contribution in [3.8, 4) is 0 Å². The lowest BCUT2D eigenvalue weighted by atomic mass is 9.79. The number of nitrogens with zero attached hydrogens (tertiary/aromatic N) is 1. The number of carbonyl (C=O) groups excluding carboxylic acids is 2. The monoisotopic (exact) mass is 288 g/mol. The van der Waals surface area contributed by atoms with E-state index in [9.17, 15) is 9.59 Å². The number of anilines is 1. The fraction of sp³-hybridized carbons (Fsp3) is 0.333. The highest BCUT2D eigenvalue weighted by Gasteiger charge is 2.62. The number of benzene rings is 1. The molecule has 1 N–H and O–H groups in total. The van der Waals surface area contributed by atoms with Gasteiger partial charge in [-0.3, -0.25) is 9.69 Å². The summed E-state index contributed by atoms with van der Waals surface area (Å²) in [6, 6.07) is 6.63. The average Bonchev–Trinajstić information content (AvgIpc) is 2.95. The maximum atomic E-state index is 12.3. The zero-order valence-electron chi connectivity index (χ0n) is 10.6. The van der Waals surface area contributed by atoms with Gasteiger partial charge in [-0.2, -0.15) is 0 Å². The van der Waals surface area contributed by atoms with Crippen molar-refractivity contribution in [2.45, 2.75) is 12.5 Å². The van der Waals surface area contributed by atoms with Gasteiger partial charge in [-0.1, -0.05) is 29.8 Å². The molecule has 1 saturated heterocycles. The van der Waals surface area contributed by atoms with Crippen LogP contribution in [0.3, 0.4) is 0 Å². The van der Waals surface area contributed by atoms with E-state index in [0.29, 0.717) is 22.5 Å². The van der Waals surface area contributed by atoms with E-state index in [-0.39, 0.29) is 23.9 Å². The third kappa shape index (κ3) is 1.54. The Labute approximate surface area is 121 Å². The maximum Gasteiger partial charge on any atom is 0.328 e. The summed E-state index contributed by atoms with van der Waals surface area (Å²) in [7, 11) is 0. The van der Waals surface area contributed by atoms with Crippen molar-refractivity contribution < 1.29 is 9.59 Å². The molecule has 0 spiro atoms. The van der Waals surface area contributed by atoms with Crippen molar-refractivity contribution in [2.24, 2.45) is 17.8 Å². The number of amides is 3. The molecule has 3 aliphatic rings. The highest BCUT2D eigenvalue weighted by Crippen LogP contribution is 2.52. The molecule has 1 saturated carbocycles. The number of nitrogens with one attached hydrogen (secondary N) is 1. The van der Waals surface area contributed by atoms with Crippen LogP contribution in [0, 0.1) is 17.8 Å². The minimum atomic E-state index is -0.348. The first-order valence-electron chi connectivity index (χ1n) is 6.73. The molecule has 2 fully saturated rings. The number of fused-ring (bicyclic) bond motifs is 5. The van der Waals surface area contributed by atoms with Crippen LogP contribution < -0.4 is 5.32 Å². The Balaban J connectivity index is 1.53. The van der Waals surface area contributed by atoms with E-state index in [1.54, 1.807) is 24.3 Å². The zero-order chi connectivity index (χ0) is 13.9. The second kappa shape index (κ2) is 4.09. The standard InChI is InChI=1S/C15H13ClN2O2/c16-10-2-1-3-11(7-10)17-15(20)18-13-9-5-4-8(6-9)12(13)14(18)19/h1-5,7-9,12-13H,6H2,(H,17,20)/t8-,9+,12+,13-/m0/s1. The van der Waals surface area contributed by atoms with Crippen LogP contribution in [0.1, 0.15) is 6.42 Å². The second-order valence-corrected chi connectivity index (χ2v) is 6.05. The molecule has 0 aromatic heterocycles. The number of urea groups is 1. The lowest BCUT2D eigenvalue weighted by molar-refractivity contribution is -0.150. The normalized spacial score (nSPS) is 33.0. The van der Waals surface area contributed by atoms with E-state index in [0.717, 1.165) is 6.42 Å². The van der Waals surface area contributed by atoms with Crippen molar-refractivity contribution in [3.05, 3.63) is 41.4 Å². The van der Waals surface area contributed by atoms with Gasteiger partial charge in [-0.25, -0.2) is 4.79 Å². The Morgan fingerprint density at radius 2 is 2.10 bits per heavy atom. The number of hydrogen-bond acceptors (Lipinski definition) is 2. The van der Waals surface area contributed by atoms with E-state index in [4.69, 9.17) is 11.6 Å². The predicted octanol–water partition coefficient (Wildman–Crippen LogP) is 2.90. The number of halogens is 1. The zero-order valence-corrected chi connectivity index (χ0v) is 11.4. The second-order valence-electron chi connectivity index (χ2n) is 5.61. The largest absolute Gasteiger partial charge is 0.328 e. The fourth-order valence-corrected chi connectivity index (χ4v) is 3.88. The van der Waals surface area contributed by atoms with Crippen molar-refractivity contribution in [2.75, 3.05) is 5.32 Å². The lowest BCUT2D eigenvalue weighted by Gasteiger charge is -2.46. The summed E-state index contributed by atoms with van der Waals surface area (Å²) in [6.45, 7) is 0. The molecule has 1 aromatic rings. The molecule has 2 bridgehead atoms. The molecular weight excluding hydrogens is 276 g/mol. The molecular formula is C15H13ClN2O2. The van der Waals surface area contributed by atoms with Crippen molar-refractivity contribution in [1.29, 1.82) is 0 Å². The number of β-lactam (4-membered cyclic amide) rings is 1. The minimum Gasteiger partial charge on any atom is -0.307 e. The maximum absolute atomic E-state index is 12.3. The van der Waals surface area contributed by atoms with E-state index >= 15 is 0 Å². The summed E-state index contributed by atoms with van der Waals surface area (Å²) in [4.78, 5) is 25.8. The molecule has 1 aliphatic heterocycles. The van der Waals surface area contributed by atoms with Gasteiger partial charge in [0, 0.05) is 10.7 Å². The average molecular weight is 289 g/mol. The SMILES string of the molecule is O=C(Nc1cccc(Cl)c1)N1C(=O)[C@H]2[C@@H]1[C@@H]1C=C[C@H]2C1. The molecule has 4 nitrogen and oxygen atoms in total. The van der Waals surface area contributed by atoms with E-state index in [1.807, 2.05) is 0 Å². The minimum absolute atomic E-state index is 0.0233. The topological polar surface area (TPSA) is 49.4 Å². The third-order valence-electron chi connectivity index (χ3n) is 4.53. The van der Waals surface area contributed by atoms with Gasteiger partial charge >= 0.3 is 6.03 Å². The molecule has 0 unspecified atom stereocenters.